The Morgan fingerprint density at radius 1 is 0.571 bits per heavy atom. The van der Waals surface area contributed by atoms with Gasteiger partial charge in [-0.15, -0.1) is 0 Å². The summed E-state index contributed by atoms with van der Waals surface area (Å²) in [4.78, 5) is 35.9. The largest absolute Gasteiger partial charge is 0.497 e. The van der Waals surface area contributed by atoms with Gasteiger partial charge in [0.05, 0.1) is 26.9 Å². The first kappa shape index (κ1) is 49.2. The third-order valence-electron chi connectivity index (χ3n) is 10.7. The molecule has 4 N–H and O–H groups in total. The van der Waals surface area contributed by atoms with E-state index in [0.29, 0.717) is 40.4 Å². The number of ether oxygens (including phenoxy) is 7. The lowest BCUT2D eigenvalue weighted by atomic mass is 9.88. The van der Waals surface area contributed by atoms with Gasteiger partial charge in [-0.05, 0) is 89.0 Å². The molecule has 10 atom stereocenters. The predicted molar refractivity (Wildman–Crippen MR) is 232 cm³/mol. The Kier molecular flexibility index (Phi) is 17.8. The Hall–Kier alpha value is -4.77. The summed E-state index contributed by atoms with van der Waals surface area (Å²) in [5, 5.41) is 40.8. The molecule has 0 aliphatic carbocycles. The minimum absolute atomic E-state index is 0.464. The molecule has 2 aliphatic heterocycles. The molecule has 2 fully saturated rings. The third-order valence-corrected chi connectivity index (χ3v) is 11.5. The normalized spacial score (nSPS) is 25.5. The highest BCUT2D eigenvalue weighted by molar-refractivity contribution is 6.31. The number of hydrogen-bond donors (Lipinski definition) is 4. The predicted octanol–water partition coefficient (Wildman–Crippen LogP) is 6.04. The summed E-state index contributed by atoms with van der Waals surface area (Å²) in [5.41, 5.74) is 5.02. The van der Waals surface area contributed by atoms with E-state index in [2.05, 4.69) is 0 Å². The van der Waals surface area contributed by atoms with E-state index in [1.807, 2.05) is 61.5 Å². The number of carbonyl (C=O) groups excluding carboxylic acids is 3. The second kappa shape index (κ2) is 22.7. The van der Waals surface area contributed by atoms with Gasteiger partial charge < -0.3 is 53.6 Å². The molecular weight excluding hydrogens is 859 g/mol. The van der Waals surface area contributed by atoms with Crippen molar-refractivity contribution in [2.24, 2.45) is 0 Å². The number of methoxy groups -OCH3 is 2. The highest BCUT2D eigenvalue weighted by Crippen LogP contribution is 2.40. The minimum Gasteiger partial charge on any atom is -0.497 e. The van der Waals surface area contributed by atoms with E-state index in [9.17, 15) is 34.8 Å². The van der Waals surface area contributed by atoms with Crippen molar-refractivity contribution >= 4 is 41.1 Å². The maximum absolute atomic E-state index is 12.1. The number of aliphatic hydroxyl groups excluding tert-OH is 4. The topological polar surface area (TPSA) is 197 Å². The van der Waals surface area contributed by atoms with Crippen LogP contribution in [0, 0.1) is 0 Å². The fraction of sp³-hybridized carbons (Fsp3) is 0.426. The molecule has 0 amide bonds. The van der Waals surface area contributed by atoms with Crippen molar-refractivity contribution in [3.63, 3.8) is 0 Å². The van der Waals surface area contributed by atoms with Gasteiger partial charge in [0.15, 0.2) is 18.3 Å². The third kappa shape index (κ3) is 12.7. The molecule has 14 nitrogen and oxygen atoms in total. The first-order valence-electron chi connectivity index (χ1n) is 20.4. The van der Waals surface area contributed by atoms with Crippen molar-refractivity contribution in [1.82, 2.24) is 0 Å². The molecule has 63 heavy (non-hydrogen) atoms. The Morgan fingerprint density at radius 3 is 1.43 bits per heavy atom. The molecule has 0 saturated carbocycles. The fourth-order valence-corrected chi connectivity index (χ4v) is 7.98. The minimum atomic E-state index is -1.42. The van der Waals surface area contributed by atoms with Crippen molar-refractivity contribution in [2.75, 3.05) is 20.8 Å². The monoisotopic (exact) mass is 912 g/mol. The molecular formula is C47H54Cl2O14. The van der Waals surface area contributed by atoms with Crippen molar-refractivity contribution in [1.29, 1.82) is 0 Å². The molecule has 4 aromatic rings. The maximum atomic E-state index is 12.1. The SMILES string of the molecule is CC[C@H]1O[C@@H](c2ccc(Cl)c(Cc3ccc(OC)cc3)c2)[C@H](OC(C)=O)[C@@H](OC(C)=O)[C@@H]1OC(C)=O.COc1ccc(Cc2cc([C@@H]3O[C@H](CO)[C@@H](O)[C@H](O)[C@H]3O)ccc2Cl)cc1. The lowest BCUT2D eigenvalue weighted by Gasteiger charge is -2.44. The van der Waals surface area contributed by atoms with Crippen LogP contribution in [0.5, 0.6) is 11.5 Å². The Labute approximate surface area is 376 Å². The average Bonchev–Trinajstić information content (AvgIpc) is 3.26. The van der Waals surface area contributed by atoms with Gasteiger partial charge in [-0.2, -0.15) is 0 Å². The van der Waals surface area contributed by atoms with E-state index in [0.717, 1.165) is 33.8 Å². The number of aliphatic hydroxyl groups is 4. The van der Waals surface area contributed by atoms with Crippen LogP contribution in [0.3, 0.4) is 0 Å². The van der Waals surface area contributed by atoms with Gasteiger partial charge in [0.25, 0.3) is 0 Å². The van der Waals surface area contributed by atoms with Crippen LogP contribution in [0.25, 0.3) is 0 Å². The van der Waals surface area contributed by atoms with Crippen LogP contribution in [0.2, 0.25) is 10.0 Å². The smallest absolute Gasteiger partial charge is 0.303 e. The van der Waals surface area contributed by atoms with Crippen LogP contribution in [0.1, 0.15) is 79.7 Å². The van der Waals surface area contributed by atoms with Crippen LogP contribution >= 0.6 is 23.2 Å². The number of hydrogen-bond acceptors (Lipinski definition) is 14. The van der Waals surface area contributed by atoms with Crippen LogP contribution in [-0.4, -0.2) is 108 Å². The Morgan fingerprint density at radius 2 is 1.00 bits per heavy atom. The van der Waals surface area contributed by atoms with Crippen LogP contribution in [-0.2, 0) is 50.9 Å². The molecule has 2 aliphatic rings. The van der Waals surface area contributed by atoms with E-state index in [-0.39, 0.29) is 0 Å². The first-order valence-corrected chi connectivity index (χ1v) is 21.1. The number of esters is 3. The van der Waals surface area contributed by atoms with Crippen molar-refractivity contribution in [3.05, 3.63) is 128 Å². The van der Waals surface area contributed by atoms with E-state index in [4.69, 9.17) is 56.4 Å². The zero-order valence-electron chi connectivity index (χ0n) is 35.8. The van der Waals surface area contributed by atoms with Gasteiger partial charge in [-0.3, -0.25) is 14.4 Å². The molecule has 0 spiro atoms. The quantitative estimate of drug-likeness (QED) is 0.0895. The van der Waals surface area contributed by atoms with E-state index < -0.39 is 85.6 Å². The van der Waals surface area contributed by atoms with Gasteiger partial charge in [0.1, 0.15) is 48.1 Å². The first-order chi connectivity index (χ1) is 30.1. The summed E-state index contributed by atoms with van der Waals surface area (Å²) < 4.78 is 39.0. The molecule has 6 rings (SSSR count). The number of rotatable bonds is 13. The van der Waals surface area contributed by atoms with E-state index >= 15 is 0 Å². The van der Waals surface area contributed by atoms with Crippen molar-refractivity contribution in [2.45, 2.75) is 108 Å². The van der Waals surface area contributed by atoms with E-state index in [1.165, 1.54) is 20.8 Å². The highest BCUT2D eigenvalue weighted by Gasteiger charge is 2.51. The second-order valence-electron chi connectivity index (χ2n) is 15.2. The lowest BCUT2D eigenvalue weighted by Crippen LogP contribution is -2.58. The van der Waals surface area contributed by atoms with E-state index in [1.54, 1.807) is 44.6 Å². The number of halogens is 2. The lowest BCUT2D eigenvalue weighted by molar-refractivity contribution is -0.249. The van der Waals surface area contributed by atoms with Crippen molar-refractivity contribution < 1.29 is 68.0 Å². The zero-order valence-corrected chi connectivity index (χ0v) is 37.3. The number of carbonyl (C=O) groups is 3. The zero-order chi connectivity index (χ0) is 46.0. The van der Waals surface area contributed by atoms with Gasteiger partial charge in [0, 0.05) is 30.8 Å². The average molecular weight is 914 g/mol. The fourth-order valence-electron chi connectivity index (χ4n) is 7.61. The summed E-state index contributed by atoms with van der Waals surface area (Å²) in [7, 11) is 3.22. The molecule has 4 aromatic carbocycles. The molecule has 2 heterocycles. The highest BCUT2D eigenvalue weighted by atomic mass is 35.5. The summed E-state index contributed by atoms with van der Waals surface area (Å²) in [6.45, 7) is 5.16. The molecule has 340 valence electrons. The molecule has 2 saturated heterocycles. The second-order valence-corrected chi connectivity index (χ2v) is 16.0. The van der Waals surface area contributed by atoms with Gasteiger partial charge in [-0.25, -0.2) is 0 Å². The molecule has 0 aromatic heterocycles. The Bertz CT molecular complexity index is 2150. The Balaban J connectivity index is 0.000000247. The van der Waals surface area contributed by atoms with Crippen LogP contribution < -0.4 is 9.47 Å². The summed E-state index contributed by atoms with van der Waals surface area (Å²) in [6, 6.07) is 25.9. The van der Waals surface area contributed by atoms with Crippen molar-refractivity contribution in [3.8, 4) is 11.5 Å². The molecule has 0 bridgehead atoms. The standard InChI is InChI=1S/C27H31ClO8.C20H23ClO6/c1-6-23-25(33-15(2)29)27(35-17(4)31)26(34-16(3)30)24(36-23)19-9-12-22(28)20(14-19)13-18-7-10-21(32-5)11-8-18;1-26-14-5-2-11(3-6-14)8-13-9-12(4-7-15(13)21)20-19(25)18(24)17(23)16(10-22)27-20/h7-12,14,23-27H,6,13H2,1-5H3;2-7,9,16-20,22-25H,8,10H2,1H3/t23-,24+,25-,26+,27+;16-,17-,18+,19-,20+/m11/s1. The molecule has 0 radical (unpaired) electrons. The summed E-state index contributed by atoms with van der Waals surface area (Å²) in [5.74, 6) is -0.230. The van der Waals surface area contributed by atoms with Gasteiger partial charge in [0.2, 0.25) is 0 Å². The maximum Gasteiger partial charge on any atom is 0.303 e. The van der Waals surface area contributed by atoms with Crippen LogP contribution in [0.4, 0.5) is 0 Å². The van der Waals surface area contributed by atoms with Crippen LogP contribution in [0.15, 0.2) is 84.9 Å². The van der Waals surface area contributed by atoms with Gasteiger partial charge in [-0.1, -0.05) is 78.7 Å². The van der Waals surface area contributed by atoms with Gasteiger partial charge >= 0.3 is 17.9 Å². The molecule has 16 heteroatoms. The number of benzene rings is 4. The molecule has 0 unspecified atom stereocenters. The summed E-state index contributed by atoms with van der Waals surface area (Å²) >= 11 is 12.9. The summed E-state index contributed by atoms with van der Waals surface area (Å²) in [6.07, 6.45) is -8.82.